The highest BCUT2D eigenvalue weighted by Crippen LogP contribution is 2.19. The number of aryl methyl sites for hydroxylation is 1. The number of nitrogens with zero attached hydrogens (tertiary/aromatic N) is 3. The molecule has 2 unspecified atom stereocenters. The van der Waals surface area contributed by atoms with Crippen LogP contribution in [0.3, 0.4) is 0 Å². The third-order valence-electron chi connectivity index (χ3n) is 7.55. The van der Waals surface area contributed by atoms with Gasteiger partial charge in [0.15, 0.2) is 0 Å². The number of benzene rings is 2. The lowest BCUT2D eigenvalue weighted by Gasteiger charge is -2.14. The molecule has 0 radical (unpaired) electrons. The van der Waals surface area contributed by atoms with E-state index in [4.69, 9.17) is 15.0 Å². The van der Waals surface area contributed by atoms with Crippen LogP contribution in [-0.4, -0.2) is 29.0 Å². The predicted molar refractivity (Wildman–Crippen MR) is 170 cm³/mol. The molecule has 3 heteroatoms. The van der Waals surface area contributed by atoms with Crippen molar-refractivity contribution in [2.75, 3.05) is 6.54 Å². The molecule has 3 aromatic rings. The van der Waals surface area contributed by atoms with Gasteiger partial charge in [-0.05, 0) is 97.7 Å². The fraction of sp³-hybridized carbons (Fsp3) is 0.472. The van der Waals surface area contributed by atoms with Gasteiger partial charge in [0.25, 0.3) is 0 Å². The van der Waals surface area contributed by atoms with Crippen molar-refractivity contribution in [1.29, 1.82) is 0 Å². The summed E-state index contributed by atoms with van der Waals surface area (Å²) in [6.07, 6.45) is 2.98. The average Bonchev–Trinajstić information content (AvgIpc) is 2.91. The molecule has 39 heavy (non-hydrogen) atoms. The van der Waals surface area contributed by atoms with Crippen molar-refractivity contribution in [3.8, 4) is 0 Å². The van der Waals surface area contributed by atoms with Gasteiger partial charge >= 0.3 is 0 Å². The lowest BCUT2D eigenvalue weighted by atomic mass is 9.97. The molecular weight excluding hydrogens is 474 g/mol. The SMILES string of the molecule is CCC(Cc1ccc(C(C)C)cc1)N=C(C)c1cc(C)cc(C(C)=NCC(C)Cc2ccc(C(C)C)cc2)n1. The molecule has 3 nitrogen and oxygen atoms in total. The lowest BCUT2D eigenvalue weighted by molar-refractivity contribution is 0.594. The molecule has 3 rings (SSSR count). The van der Waals surface area contributed by atoms with E-state index in [1.54, 1.807) is 0 Å². The van der Waals surface area contributed by atoms with E-state index in [1.165, 1.54) is 27.8 Å². The highest BCUT2D eigenvalue weighted by atomic mass is 14.8. The second kappa shape index (κ2) is 14.4. The number of hydrogen-bond acceptors (Lipinski definition) is 3. The number of hydrogen-bond donors (Lipinski definition) is 0. The zero-order valence-corrected chi connectivity index (χ0v) is 25.8. The Balaban J connectivity index is 1.68. The lowest BCUT2D eigenvalue weighted by Crippen LogP contribution is -2.13. The van der Waals surface area contributed by atoms with E-state index in [0.717, 1.165) is 48.6 Å². The minimum absolute atomic E-state index is 0.242. The van der Waals surface area contributed by atoms with Crippen LogP contribution in [0.15, 0.2) is 70.6 Å². The topological polar surface area (TPSA) is 37.6 Å². The predicted octanol–water partition coefficient (Wildman–Crippen LogP) is 9.15. The van der Waals surface area contributed by atoms with Crippen LogP contribution in [0.2, 0.25) is 0 Å². The molecule has 1 heterocycles. The van der Waals surface area contributed by atoms with Crippen molar-refractivity contribution in [1.82, 2.24) is 4.98 Å². The van der Waals surface area contributed by atoms with Crippen LogP contribution >= 0.6 is 0 Å². The van der Waals surface area contributed by atoms with Gasteiger partial charge < -0.3 is 0 Å². The molecule has 2 aromatic carbocycles. The summed E-state index contributed by atoms with van der Waals surface area (Å²) in [6, 6.07) is 22.6. The molecule has 0 fully saturated rings. The summed E-state index contributed by atoms with van der Waals surface area (Å²) in [5.74, 6) is 1.59. The molecule has 0 bridgehead atoms. The quantitative estimate of drug-likeness (QED) is 0.218. The van der Waals surface area contributed by atoms with Gasteiger partial charge in [0.1, 0.15) is 0 Å². The average molecular weight is 524 g/mol. The van der Waals surface area contributed by atoms with E-state index < -0.39 is 0 Å². The standard InChI is InChI=1S/C36H49N3/c1-10-34(22-31-13-17-33(18-14-31)25(4)5)38-29(9)36-21-26(6)20-35(39-36)28(8)37-23-27(7)19-30-11-15-32(16-12-30)24(2)3/h11-18,20-21,24-25,27,34H,10,19,22-23H2,1-9H3. The Morgan fingerprint density at radius 3 is 1.69 bits per heavy atom. The van der Waals surface area contributed by atoms with Crippen LogP contribution < -0.4 is 0 Å². The van der Waals surface area contributed by atoms with Crippen molar-refractivity contribution in [2.45, 2.75) is 99.5 Å². The van der Waals surface area contributed by atoms with Gasteiger partial charge in [-0.3, -0.25) is 9.98 Å². The first-order valence-corrected chi connectivity index (χ1v) is 14.8. The Bertz CT molecular complexity index is 1250. The van der Waals surface area contributed by atoms with Crippen molar-refractivity contribution < 1.29 is 0 Å². The van der Waals surface area contributed by atoms with Gasteiger partial charge in [0.05, 0.1) is 28.9 Å². The molecule has 0 aliphatic carbocycles. The van der Waals surface area contributed by atoms with Crippen LogP contribution in [0.25, 0.3) is 0 Å². The first-order valence-electron chi connectivity index (χ1n) is 14.8. The fourth-order valence-electron chi connectivity index (χ4n) is 4.85. The monoisotopic (exact) mass is 523 g/mol. The molecule has 0 saturated carbocycles. The summed E-state index contributed by atoms with van der Waals surface area (Å²) in [5, 5.41) is 0. The number of pyridine rings is 1. The van der Waals surface area contributed by atoms with Gasteiger partial charge in [-0.25, -0.2) is 4.98 Å². The van der Waals surface area contributed by atoms with Gasteiger partial charge in [-0.15, -0.1) is 0 Å². The van der Waals surface area contributed by atoms with Gasteiger partial charge in [0.2, 0.25) is 0 Å². The Kier molecular flexibility index (Phi) is 11.2. The Morgan fingerprint density at radius 2 is 1.21 bits per heavy atom. The maximum Gasteiger partial charge on any atom is 0.0847 e. The van der Waals surface area contributed by atoms with E-state index in [-0.39, 0.29) is 6.04 Å². The number of rotatable bonds is 12. The summed E-state index contributed by atoms with van der Waals surface area (Å²) >= 11 is 0. The van der Waals surface area contributed by atoms with Gasteiger partial charge in [0, 0.05) is 6.54 Å². The van der Waals surface area contributed by atoms with Gasteiger partial charge in [-0.2, -0.15) is 0 Å². The first-order chi connectivity index (χ1) is 18.5. The van der Waals surface area contributed by atoms with E-state index >= 15 is 0 Å². The first kappa shape index (κ1) is 30.5. The van der Waals surface area contributed by atoms with Crippen LogP contribution in [0.1, 0.15) is 113 Å². The van der Waals surface area contributed by atoms with E-state index in [0.29, 0.717) is 17.8 Å². The molecule has 0 saturated heterocycles. The number of aromatic nitrogens is 1. The Morgan fingerprint density at radius 1 is 0.718 bits per heavy atom. The number of aliphatic imine (C=N–C) groups is 2. The zero-order chi connectivity index (χ0) is 28.5. The molecule has 0 aliphatic heterocycles. The van der Waals surface area contributed by atoms with E-state index in [1.807, 2.05) is 0 Å². The maximum atomic E-state index is 5.11. The summed E-state index contributed by atoms with van der Waals surface area (Å²) in [7, 11) is 0. The molecule has 2 atom stereocenters. The molecule has 0 aliphatic rings. The minimum Gasteiger partial charge on any atom is -0.288 e. The molecule has 0 spiro atoms. The zero-order valence-electron chi connectivity index (χ0n) is 25.8. The van der Waals surface area contributed by atoms with Crippen LogP contribution in [-0.2, 0) is 12.8 Å². The van der Waals surface area contributed by atoms with E-state index in [2.05, 4.69) is 123 Å². The van der Waals surface area contributed by atoms with Crippen molar-refractivity contribution >= 4 is 11.4 Å². The normalized spacial score (nSPS) is 14.2. The van der Waals surface area contributed by atoms with Gasteiger partial charge in [-0.1, -0.05) is 90.1 Å². The molecule has 1 aromatic heterocycles. The highest BCUT2D eigenvalue weighted by Gasteiger charge is 2.12. The molecular formula is C36H49N3. The largest absolute Gasteiger partial charge is 0.288 e. The Labute approximate surface area is 237 Å². The second-order valence-electron chi connectivity index (χ2n) is 11.9. The van der Waals surface area contributed by atoms with Crippen molar-refractivity contribution in [3.63, 3.8) is 0 Å². The van der Waals surface area contributed by atoms with Crippen LogP contribution in [0.4, 0.5) is 0 Å². The van der Waals surface area contributed by atoms with Crippen LogP contribution in [0.5, 0.6) is 0 Å². The maximum absolute atomic E-state index is 5.11. The molecule has 208 valence electrons. The van der Waals surface area contributed by atoms with Crippen LogP contribution in [0, 0.1) is 12.8 Å². The fourth-order valence-corrected chi connectivity index (χ4v) is 4.85. The Hall–Kier alpha value is -3.07. The molecule has 0 amide bonds. The summed E-state index contributed by atoms with van der Waals surface area (Å²) in [4.78, 5) is 15.0. The summed E-state index contributed by atoms with van der Waals surface area (Å²) in [5.41, 5.74) is 10.6. The summed E-state index contributed by atoms with van der Waals surface area (Å²) < 4.78 is 0. The highest BCUT2D eigenvalue weighted by molar-refractivity contribution is 6.01. The second-order valence-corrected chi connectivity index (χ2v) is 11.9. The minimum atomic E-state index is 0.242. The third-order valence-corrected chi connectivity index (χ3v) is 7.55. The van der Waals surface area contributed by atoms with Crippen molar-refractivity contribution in [3.05, 3.63) is 99.9 Å². The smallest absolute Gasteiger partial charge is 0.0847 e. The van der Waals surface area contributed by atoms with E-state index in [9.17, 15) is 0 Å². The third kappa shape index (κ3) is 9.27. The molecule has 0 N–H and O–H groups in total. The van der Waals surface area contributed by atoms with Crippen molar-refractivity contribution in [2.24, 2.45) is 15.9 Å². The summed E-state index contributed by atoms with van der Waals surface area (Å²) in [6.45, 7) is 20.5.